The number of hydrazine groups is 1. The summed E-state index contributed by atoms with van der Waals surface area (Å²) in [7, 11) is -3.74. The molecule has 0 bridgehead atoms. The lowest BCUT2D eigenvalue weighted by atomic mass is 9.80. The Morgan fingerprint density at radius 2 is 1.71 bits per heavy atom. The number of nitrogens with two attached hydrogens (primary N) is 1. The van der Waals surface area contributed by atoms with Gasteiger partial charge in [0.25, 0.3) is 5.91 Å². The second kappa shape index (κ2) is 8.54. The number of nitrogens with zero attached hydrogens (tertiary/aromatic N) is 3. The molecular formula is C24H25N5O4S. The van der Waals surface area contributed by atoms with Crippen molar-refractivity contribution >= 4 is 26.8 Å². The van der Waals surface area contributed by atoms with E-state index in [1.165, 1.54) is 35.1 Å². The summed E-state index contributed by atoms with van der Waals surface area (Å²) in [6.45, 7) is 5.87. The number of nitrogens with one attached hydrogen (secondary N) is 1. The molecule has 34 heavy (non-hydrogen) atoms. The van der Waals surface area contributed by atoms with E-state index in [2.05, 4.69) is 15.6 Å². The Morgan fingerprint density at radius 3 is 2.35 bits per heavy atom. The second-order valence-electron chi connectivity index (χ2n) is 8.56. The molecule has 0 atom stereocenters. The van der Waals surface area contributed by atoms with Crippen LogP contribution in [0.4, 0.5) is 0 Å². The number of carbonyl (C=O) groups is 1. The van der Waals surface area contributed by atoms with Gasteiger partial charge in [0.15, 0.2) is 0 Å². The molecule has 176 valence electrons. The highest BCUT2D eigenvalue weighted by atomic mass is 32.2. The fourth-order valence-electron chi connectivity index (χ4n) is 3.60. The van der Waals surface area contributed by atoms with Gasteiger partial charge in [-0.2, -0.15) is 0 Å². The Hall–Kier alpha value is -3.76. The molecule has 0 aliphatic rings. The van der Waals surface area contributed by atoms with Crippen LogP contribution in [0.5, 0.6) is 5.75 Å². The second-order valence-corrected chi connectivity index (χ2v) is 10.5. The fraction of sp³-hybridized carbons (Fsp3) is 0.208. The number of carbonyl (C=O) groups excluding carboxylic acids is 1. The van der Waals surface area contributed by atoms with E-state index in [9.17, 15) is 18.3 Å². The lowest BCUT2D eigenvalue weighted by Gasteiger charge is -2.26. The average Bonchev–Trinajstić information content (AvgIpc) is 3.27. The van der Waals surface area contributed by atoms with E-state index in [0.717, 1.165) is 0 Å². The molecule has 0 spiro atoms. The summed E-state index contributed by atoms with van der Waals surface area (Å²) in [5, 5.41) is 19.9. The van der Waals surface area contributed by atoms with Crippen LogP contribution in [-0.2, 0) is 15.3 Å². The Balaban J connectivity index is 1.88. The lowest BCUT2D eigenvalue weighted by molar-refractivity contribution is 0.0953. The predicted octanol–water partition coefficient (Wildman–Crippen LogP) is 3.25. The normalized spacial score (nSPS) is 12.1. The molecular weight excluding hydrogens is 454 g/mol. The molecule has 4 aromatic rings. The van der Waals surface area contributed by atoms with Crippen molar-refractivity contribution in [3.8, 4) is 11.4 Å². The maximum Gasteiger partial charge on any atom is 0.265 e. The van der Waals surface area contributed by atoms with Crippen molar-refractivity contribution in [2.75, 3.05) is 0 Å². The molecule has 9 nitrogen and oxygen atoms in total. The number of hydrogen-bond donors (Lipinski definition) is 3. The van der Waals surface area contributed by atoms with E-state index in [4.69, 9.17) is 5.84 Å². The molecule has 0 aliphatic carbocycles. The standard InChI is InChI=1S/C24H25N5O4S/c1-4-24(2,3)18-12-15(23(31)26-25)13-21(22(18)30)29-27-19-11-10-17(14-20(19)28-29)34(32,33)16-8-6-5-7-9-16/h5-14,30H,4,25H2,1-3H3,(H,26,31). The predicted molar refractivity (Wildman–Crippen MR) is 127 cm³/mol. The Bertz CT molecular complexity index is 1490. The van der Waals surface area contributed by atoms with Crippen LogP contribution in [0.1, 0.15) is 43.1 Å². The van der Waals surface area contributed by atoms with Gasteiger partial charge in [-0.3, -0.25) is 10.2 Å². The minimum Gasteiger partial charge on any atom is -0.505 e. The van der Waals surface area contributed by atoms with Crippen LogP contribution in [0, 0.1) is 0 Å². The third-order valence-corrected chi connectivity index (χ3v) is 7.79. The Labute approximate surface area is 197 Å². The quantitative estimate of drug-likeness (QED) is 0.219. The molecule has 1 aromatic heterocycles. The summed E-state index contributed by atoms with van der Waals surface area (Å²) in [5.41, 5.74) is 3.36. The summed E-state index contributed by atoms with van der Waals surface area (Å²) < 4.78 is 26.0. The number of nitrogen functional groups attached to an aromatic ring is 1. The van der Waals surface area contributed by atoms with Crippen LogP contribution in [0.3, 0.4) is 0 Å². The van der Waals surface area contributed by atoms with Gasteiger partial charge in [-0.15, -0.1) is 15.0 Å². The van der Waals surface area contributed by atoms with Gasteiger partial charge in [-0.1, -0.05) is 39.0 Å². The number of phenolic OH excluding ortho intramolecular Hbond substituents is 1. The van der Waals surface area contributed by atoms with Gasteiger partial charge >= 0.3 is 0 Å². The molecule has 4 N–H and O–H groups in total. The molecule has 0 fully saturated rings. The van der Waals surface area contributed by atoms with E-state index >= 15 is 0 Å². The average molecular weight is 480 g/mol. The van der Waals surface area contributed by atoms with Crippen LogP contribution in [0.25, 0.3) is 16.7 Å². The minimum absolute atomic E-state index is 0.0714. The summed E-state index contributed by atoms with van der Waals surface area (Å²) in [4.78, 5) is 13.7. The maximum atomic E-state index is 13.0. The first kappa shape index (κ1) is 23.4. The lowest BCUT2D eigenvalue weighted by Crippen LogP contribution is -2.30. The topological polar surface area (TPSA) is 140 Å². The number of fused-ring (bicyclic) bond motifs is 1. The van der Waals surface area contributed by atoms with Gasteiger partial charge in [0.05, 0.1) is 9.79 Å². The zero-order valence-electron chi connectivity index (χ0n) is 19.0. The molecule has 0 saturated heterocycles. The van der Waals surface area contributed by atoms with Gasteiger partial charge in [-0.25, -0.2) is 14.3 Å². The van der Waals surface area contributed by atoms with Crippen molar-refractivity contribution in [2.45, 2.75) is 42.4 Å². The molecule has 10 heteroatoms. The van der Waals surface area contributed by atoms with Gasteiger partial charge in [0.1, 0.15) is 22.5 Å². The molecule has 1 amide bonds. The van der Waals surface area contributed by atoms with E-state index in [1.807, 2.05) is 20.8 Å². The van der Waals surface area contributed by atoms with E-state index in [1.54, 1.807) is 30.3 Å². The zero-order valence-corrected chi connectivity index (χ0v) is 19.8. The summed E-state index contributed by atoms with van der Waals surface area (Å²) in [6.07, 6.45) is 0.697. The molecule has 0 aliphatic heterocycles. The Kier molecular flexibility index (Phi) is 5.88. The van der Waals surface area contributed by atoms with Crippen molar-refractivity contribution in [3.05, 3.63) is 71.8 Å². The summed E-state index contributed by atoms with van der Waals surface area (Å²) in [5.74, 6) is 4.74. The number of aromatic nitrogens is 3. The van der Waals surface area contributed by atoms with Crippen molar-refractivity contribution in [1.29, 1.82) is 0 Å². The number of benzene rings is 3. The zero-order chi connectivity index (χ0) is 24.7. The molecule has 0 radical (unpaired) electrons. The van der Waals surface area contributed by atoms with Crippen LogP contribution in [0.2, 0.25) is 0 Å². The first-order chi connectivity index (χ1) is 16.1. The van der Waals surface area contributed by atoms with Gasteiger partial charge in [0, 0.05) is 11.1 Å². The van der Waals surface area contributed by atoms with Crippen molar-refractivity contribution in [3.63, 3.8) is 0 Å². The fourth-order valence-corrected chi connectivity index (χ4v) is 4.90. The molecule has 0 unspecified atom stereocenters. The van der Waals surface area contributed by atoms with E-state index in [0.29, 0.717) is 23.0 Å². The summed E-state index contributed by atoms with van der Waals surface area (Å²) in [6, 6.07) is 15.6. The minimum atomic E-state index is -3.74. The van der Waals surface area contributed by atoms with Crippen LogP contribution >= 0.6 is 0 Å². The van der Waals surface area contributed by atoms with Crippen LogP contribution in [-0.4, -0.2) is 34.4 Å². The van der Waals surface area contributed by atoms with Gasteiger partial charge < -0.3 is 5.11 Å². The molecule has 0 saturated carbocycles. The molecule has 1 heterocycles. The molecule has 3 aromatic carbocycles. The SMILES string of the molecule is CCC(C)(C)c1cc(C(=O)NN)cc(-n2nc3ccc(S(=O)(=O)c4ccccc4)cc3n2)c1O. The van der Waals surface area contributed by atoms with Gasteiger partial charge in [0.2, 0.25) is 9.84 Å². The van der Waals surface area contributed by atoms with E-state index < -0.39 is 21.2 Å². The summed E-state index contributed by atoms with van der Waals surface area (Å²) >= 11 is 0. The van der Waals surface area contributed by atoms with Crippen molar-refractivity contribution in [1.82, 2.24) is 20.4 Å². The maximum absolute atomic E-state index is 13.0. The number of aromatic hydroxyl groups is 1. The van der Waals surface area contributed by atoms with Crippen LogP contribution in [0.15, 0.2) is 70.5 Å². The number of amides is 1. The number of sulfone groups is 1. The monoisotopic (exact) mass is 479 g/mol. The number of hydrogen-bond acceptors (Lipinski definition) is 7. The van der Waals surface area contributed by atoms with Gasteiger partial charge in [-0.05, 0) is 54.3 Å². The highest BCUT2D eigenvalue weighted by molar-refractivity contribution is 7.91. The van der Waals surface area contributed by atoms with Crippen LogP contribution < -0.4 is 11.3 Å². The largest absolute Gasteiger partial charge is 0.505 e. The third kappa shape index (κ3) is 4.02. The smallest absolute Gasteiger partial charge is 0.265 e. The first-order valence-corrected chi connectivity index (χ1v) is 12.1. The third-order valence-electron chi connectivity index (χ3n) is 6.03. The Morgan fingerprint density at radius 1 is 1.03 bits per heavy atom. The highest BCUT2D eigenvalue weighted by Gasteiger charge is 2.27. The van der Waals surface area contributed by atoms with Crippen molar-refractivity contribution < 1.29 is 18.3 Å². The highest BCUT2D eigenvalue weighted by Crippen LogP contribution is 2.38. The number of rotatable bonds is 6. The first-order valence-electron chi connectivity index (χ1n) is 10.6. The van der Waals surface area contributed by atoms with Crippen molar-refractivity contribution in [2.24, 2.45) is 5.84 Å². The molecule has 4 rings (SSSR count). The van der Waals surface area contributed by atoms with E-state index in [-0.39, 0.29) is 26.8 Å². The number of phenols is 1.